The Labute approximate surface area is 417 Å². The molecular weight excluding hydrogens is 939 g/mol. The van der Waals surface area contributed by atoms with Crippen molar-refractivity contribution in [2.24, 2.45) is 5.92 Å². The average molecular weight is 1010 g/mol. The summed E-state index contributed by atoms with van der Waals surface area (Å²) in [7, 11) is 0. The summed E-state index contributed by atoms with van der Waals surface area (Å²) in [5, 5.41) is 76.8. The highest BCUT2D eigenvalue weighted by molar-refractivity contribution is 5.92. The minimum absolute atomic E-state index is 0.0351. The maximum Gasteiger partial charge on any atom is 0.320 e. The second-order valence-electron chi connectivity index (χ2n) is 18.4. The molecule has 2 saturated heterocycles. The Morgan fingerprint density at radius 3 is 1.74 bits per heavy atom. The van der Waals surface area contributed by atoms with E-state index in [0.29, 0.717) is 42.4 Å². The van der Waals surface area contributed by atoms with E-state index in [0.717, 1.165) is 24.8 Å². The molecule has 72 heavy (non-hydrogen) atoms. The van der Waals surface area contributed by atoms with Crippen molar-refractivity contribution in [3.63, 3.8) is 0 Å². The third-order valence-electron chi connectivity index (χ3n) is 12.9. The van der Waals surface area contributed by atoms with Gasteiger partial charge in [-0.3, -0.25) is 52.9 Å². The van der Waals surface area contributed by atoms with Gasteiger partial charge in [0.15, 0.2) is 5.82 Å². The fraction of sp³-hybridized carbons (Fsp3) is 0.562. The third-order valence-corrected chi connectivity index (χ3v) is 12.9. The molecule has 394 valence electrons. The molecule has 1 atom stereocenters. The monoisotopic (exact) mass is 1010 g/mol. The number of aromatic hydroxyl groups is 2. The van der Waals surface area contributed by atoms with Crippen LogP contribution in [0.2, 0.25) is 0 Å². The van der Waals surface area contributed by atoms with E-state index in [-0.39, 0.29) is 133 Å². The van der Waals surface area contributed by atoms with Crippen LogP contribution in [-0.2, 0) is 30.4 Å². The molecular formula is C48H69N11O13. The van der Waals surface area contributed by atoms with Crippen molar-refractivity contribution < 1.29 is 64.2 Å². The van der Waals surface area contributed by atoms with E-state index in [1.165, 1.54) is 6.07 Å². The molecule has 3 aromatic rings. The van der Waals surface area contributed by atoms with Crippen LogP contribution in [-0.4, -0.2) is 222 Å². The zero-order valence-electron chi connectivity index (χ0n) is 41.2. The van der Waals surface area contributed by atoms with Crippen molar-refractivity contribution in [3.05, 3.63) is 53.3 Å². The van der Waals surface area contributed by atoms with Gasteiger partial charge in [0.2, 0.25) is 11.7 Å². The van der Waals surface area contributed by atoms with Gasteiger partial charge in [-0.2, -0.15) is 0 Å². The number of carboxylic acid groups (broad SMARTS) is 4. The lowest BCUT2D eigenvalue weighted by Gasteiger charge is -2.35. The number of rotatable bonds is 21. The Balaban J connectivity index is 1.10. The first-order chi connectivity index (χ1) is 34.3. The summed E-state index contributed by atoms with van der Waals surface area (Å²) in [4.78, 5) is 94.6. The third kappa shape index (κ3) is 16.6. The van der Waals surface area contributed by atoms with Gasteiger partial charge in [0.25, 0.3) is 5.91 Å². The van der Waals surface area contributed by atoms with E-state index >= 15 is 0 Å². The number of aliphatic carboxylic acids is 4. The molecule has 24 nitrogen and oxygen atoms in total. The van der Waals surface area contributed by atoms with Gasteiger partial charge in [-0.1, -0.05) is 26.0 Å². The first-order valence-electron chi connectivity index (χ1n) is 24.3. The molecule has 2 aliphatic heterocycles. The lowest BCUT2D eigenvalue weighted by atomic mass is 9.90. The number of urea groups is 1. The van der Waals surface area contributed by atoms with E-state index < -0.39 is 41.7 Å². The van der Waals surface area contributed by atoms with Gasteiger partial charge in [-0.25, -0.2) is 4.79 Å². The van der Waals surface area contributed by atoms with Gasteiger partial charge < -0.3 is 51.5 Å². The maximum atomic E-state index is 13.1. The summed E-state index contributed by atoms with van der Waals surface area (Å²) in [6.07, 6.45) is 2.00. The molecule has 0 aliphatic carbocycles. The molecule has 24 heteroatoms. The second kappa shape index (κ2) is 27.1. The van der Waals surface area contributed by atoms with Crippen LogP contribution in [0.15, 0.2) is 36.4 Å². The predicted molar refractivity (Wildman–Crippen MR) is 261 cm³/mol. The molecule has 3 heterocycles. The quantitative estimate of drug-likeness (QED) is 0.0673. The molecule has 4 amide bonds. The number of likely N-dealkylation sites (tertiary alicyclic amines) is 1. The van der Waals surface area contributed by atoms with Gasteiger partial charge >= 0.3 is 29.9 Å². The summed E-state index contributed by atoms with van der Waals surface area (Å²) in [6.45, 7) is 7.39. The van der Waals surface area contributed by atoms with Crippen LogP contribution in [0, 0.1) is 5.92 Å². The standard InChI is InChI=1S/C48H69N11O13/c1-4-49-46(69)45-53-52-44(36-26-35(31(2)3)38(60)27-39(36)61)59(45)34-7-5-32(6-8-34)25-33-11-15-58(16-12-33)48(72)51-14-13-50-40(62)10-9-37(47(70)71)57-23-21-55(29-42(65)66)19-17-54(28-41(63)64)18-20-56(22-24-57)30-43(67)68/h5-8,26-27,31,33,37,60-61H,4,9-25,28-30H2,1-3H3,(H,49,69)(H,50,62)(H,51,72)(H,63,64)(H,65,66)(H,67,68)(H,70,71)/t37-/m0/s1. The van der Waals surface area contributed by atoms with Crippen molar-refractivity contribution in [2.75, 3.05) is 105 Å². The second-order valence-corrected chi connectivity index (χ2v) is 18.4. The zero-order valence-corrected chi connectivity index (χ0v) is 41.2. The van der Waals surface area contributed by atoms with Crippen molar-refractivity contribution >= 4 is 41.7 Å². The first kappa shape index (κ1) is 56.0. The fourth-order valence-corrected chi connectivity index (χ4v) is 8.99. The Hall–Kier alpha value is -6.89. The molecule has 1 aromatic heterocycles. The molecule has 0 bridgehead atoms. The maximum absolute atomic E-state index is 13.1. The summed E-state index contributed by atoms with van der Waals surface area (Å²) >= 11 is 0. The number of benzene rings is 2. The van der Waals surface area contributed by atoms with E-state index in [1.54, 1.807) is 42.1 Å². The van der Waals surface area contributed by atoms with Crippen molar-refractivity contribution in [3.8, 4) is 28.6 Å². The molecule has 5 rings (SSSR count). The Kier molecular flexibility index (Phi) is 21.1. The molecule has 9 N–H and O–H groups in total. The van der Waals surface area contributed by atoms with Gasteiger partial charge in [0.05, 0.1) is 25.2 Å². The number of phenols is 2. The average Bonchev–Trinajstić information content (AvgIpc) is 3.76. The number of carboxylic acids is 4. The van der Waals surface area contributed by atoms with Crippen LogP contribution in [0.3, 0.4) is 0 Å². The topological polar surface area (TPSA) is 324 Å². The number of piperidine rings is 1. The van der Waals surface area contributed by atoms with Crippen LogP contribution >= 0.6 is 0 Å². The summed E-state index contributed by atoms with van der Waals surface area (Å²) in [5.74, 6) is -5.13. The Morgan fingerprint density at radius 2 is 1.22 bits per heavy atom. The molecule has 0 saturated carbocycles. The number of carbonyl (C=O) groups excluding carboxylic acids is 3. The molecule has 2 aliphatic rings. The number of carbonyl (C=O) groups is 7. The highest BCUT2D eigenvalue weighted by atomic mass is 16.4. The number of amides is 4. The highest BCUT2D eigenvalue weighted by Gasteiger charge is 2.30. The van der Waals surface area contributed by atoms with E-state index in [9.17, 15) is 64.2 Å². The fourth-order valence-electron chi connectivity index (χ4n) is 8.99. The van der Waals surface area contributed by atoms with Gasteiger partial charge in [-0.05, 0) is 73.8 Å². The van der Waals surface area contributed by atoms with Crippen LogP contribution in [0.4, 0.5) is 4.79 Å². The number of hydrogen-bond acceptors (Lipinski definition) is 15. The Bertz CT molecular complexity index is 2320. The molecule has 0 spiro atoms. The number of hydrogen-bond donors (Lipinski definition) is 9. The highest BCUT2D eigenvalue weighted by Crippen LogP contribution is 2.38. The molecule has 2 fully saturated rings. The molecule has 0 unspecified atom stereocenters. The van der Waals surface area contributed by atoms with Crippen molar-refractivity contribution in [1.82, 2.24) is 55.2 Å². The lowest BCUT2D eigenvalue weighted by Crippen LogP contribution is -2.52. The normalized spacial score (nSPS) is 16.6. The van der Waals surface area contributed by atoms with Crippen molar-refractivity contribution in [1.29, 1.82) is 0 Å². The van der Waals surface area contributed by atoms with Crippen LogP contribution < -0.4 is 16.0 Å². The minimum Gasteiger partial charge on any atom is -0.508 e. The SMILES string of the molecule is CCNC(=O)c1nnc(-c2cc(C(C)C)c(O)cc2O)n1-c1ccc(CC2CCN(C(=O)NCCNC(=O)CC[C@@H](C(=O)O)N3CCN(CC(=O)O)CCN(CC(=O)O)CCN(CC(=O)O)CC3)CC2)cc1. The largest absolute Gasteiger partial charge is 0.508 e. The number of nitrogens with one attached hydrogen (secondary N) is 3. The van der Waals surface area contributed by atoms with Crippen LogP contribution in [0.5, 0.6) is 11.5 Å². The van der Waals surface area contributed by atoms with Crippen molar-refractivity contribution in [2.45, 2.75) is 64.8 Å². The lowest BCUT2D eigenvalue weighted by molar-refractivity contribution is -0.145. The number of phenolic OH excluding ortho intramolecular Hbond substituents is 2. The van der Waals surface area contributed by atoms with Crippen LogP contribution in [0.25, 0.3) is 17.1 Å². The summed E-state index contributed by atoms with van der Waals surface area (Å²) < 4.78 is 1.58. The van der Waals surface area contributed by atoms with E-state index in [4.69, 9.17) is 0 Å². The Morgan fingerprint density at radius 1 is 0.681 bits per heavy atom. The minimum atomic E-state index is -1.20. The summed E-state index contributed by atoms with van der Waals surface area (Å²) in [6, 6.07) is 9.12. The number of nitrogens with zero attached hydrogens (tertiary/aromatic N) is 8. The van der Waals surface area contributed by atoms with E-state index in [2.05, 4.69) is 26.1 Å². The first-order valence-corrected chi connectivity index (χ1v) is 24.3. The molecule has 0 radical (unpaired) electrons. The summed E-state index contributed by atoms with van der Waals surface area (Å²) in [5.41, 5.74) is 2.56. The zero-order chi connectivity index (χ0) is 52.5. The predicted octanol–water partition coefficient (Wildman–Crippen LogP) is 1.01. The van der Waals surface area contributed by atoms with Crippen LogP contribution in [0.1, 0.15) is 74.1 Å². The smallest absolute Gasteiger partial charge is 0.320 e. The van der Waals surface area contributed by atoms with Gasteiger partial charge in [-0.15, -0.1) is 10.2 Å². The molecule has 2 aromatic carbocycles. The van der Waals surface area contributed by atoms with E-state index in [1.807, 2.05) is 38.1 Å². The van der Waals surface area contributed by atoms with Gasteiger partial charge in [0.1, 0.15) is 17.5 Å². The number of aromatic nitrogens is 3. The van der Waals surface area contributed by atoms with Gasteiger partial charge in [0, 0.05) is 103 Å².